The molecule has 1 atom stereocenters. The van der Waals surface area contributed by atoms with Crippen molar-refractivity contribution in [1.82, 2.24) is 0 Å². The van der Waals surface area contributed by atoms with Crippen LogP contribution >= 0.6 is 0 Å². The lowest BCUT2D eigenvalue weighted by Crippen LogP contribution is -2.06. The van der Waals surface area contributed by atoms with Gasteiger partial charge in [0.25, 0.3) is 0 Å². The van der Waals surface area contributed by atoms with Crippen LogP contribution in [0.15, 0.2) is 18.2 Å². The van der Waals surface area contributed by atoms with Crippen LogP contribution in [-0.4, -0.2) is 18.3 Å². The smallest absolute Gasteiger partial charge is 0.161 e. The van der Waals surface area contributed by atoms with Crippen molar-refractivity contribution in [2.24, 2.45) is 5.92 Å². The summed E-state index contributed by atoms with van der Waals surface area (Å²) in [5, 5.41) is 10.0. The molecule has 1 unspecified atom stereocenters. The number of hydrogen-bond donors (Lipinski definition) is 1. The Kier molecular flexibility index (Phi) is 5.29. The molecular weight excluding hydrogens is 216 g/mol. The van der Waals surface area contributed by atoms with E-state index < -0.39 is 6.10 Å². The minimum absolute atomic E-state index is 0.183. The second-order valence-corrected chi connectivity index (χ2v) is 4.26. The molecule has 0 aromatic heterocycles. The third-order valence-corrected chi connectivity index (χ3v) is 2.54. The van der Waals surface area contributed by atoms with Crippen molar-refractivity contribution < 1.29 is 14.6 Å². The maximum Gasteiger partial charge on any atom is 0.161 e. The number of rotatable bonds is 6. The minimum atomic E-state index is -0.468. The Labute approximate surface area is 103 Å². The molecule has 0 bridgehead atoms. The molecule has 17 heavy (non-hydrogen) atoms. The first-order valence-electron chi connectivity index (χ1n) is 6.17. The first kappa shape index (κ1) is 13.8. The van der Waals surface area contributed by atoms with Gasteiger partial charge in [-0.3, -0.25) is 0 Å². The summed E-state index contributed by atoms with van der Waals surface area (Å²) in [6.45, 7) is 9.03. The minimum Gasteiger partial charge on any atom is -0.490 e. The van der Waals surface area contributed by atoms with E-state index in [1.165, 1.54) is 0 Å². The Morgan fingerprint density at radius 2 is 1.65 bits per heavy atom. The van der Waals surface area contributed by atoms with Crippen LogP contribution < -0.4 is 9.47 Å². The SMILES string of the molecule is CCOc1ccc(C(O)C(C)C)cc1OCC. The van der Waals surface area contributed by atoms with E-state index in [4.69, 9.17) is 9.47 Å². The predicted octanol–water partition coefficient (Wildman–Crippen LogP) is 3.17. The van der Waals surface area contributed by atoms with Crippen LogP contribution in [-0.2, 0) is 0 Å². The van der Waals surface area contributed by atoms with Crippen molar-refractivity contribution in [3.05, 3.63) is 23.8 Å². The summed E-state index contributed by atoms with van der Waals surface area (Å²) in [7, 11) is 0. The molecule has 0 aliphatic rings. The first-order valence-corrected chi connectivity index (χ1v) is 6.17. The molecule has 1 aromatic carbocycles. The highest BCUT2D eigenvalue weighted by Crippen LogP contribution is 2.32. The molecule has 0 amide bonds. The molecule has 0 radical (unpaired) electrons. The average molecular weight is 238 g/mol. The quantitative estimate of drug-likeness (QED) is 0.827. The van der Waals surface area contributed by atoms with E-state index in [9.17, 15) is 5.11 Å². The fraction of sp³-hybridized carbons (Fsp3) is 0.571. The van der Waals surface area contributed by atoms with Crippen LogP contribution in [0.25, 0.3) is 0 Å². The Morgan fingerprint density at radius 1 is 1.06 bits per heavy atom. The van der Waals surface area contributed by atoms with Gasteiger partial charge in [-0.15, -0.1) is 0 Å². The van der Waals surface area contributed by atoms with Gasteiger partial charge in [-0.2, -0.15) is 0 Å². The van der Waals surface area contributed by atoms with Crippen LogP contribution in [0.5, 0.6) is 11.5 Å². The second kappa shape index (κ2) is 6.50. The van der Waals surface area contributed by atoms with Gasteiger partial charge < -0.3 is 14.6 Å². The first-order chi connectivity index (χ1) is 8.10. The van der Waals surface area contributed by atoms with Crippen molar-refractivity contribution in [2.75, 3.05) is 13.2 Å². The fourth-order valence-corrected chi connectivity index (χ4v) is 1.64. The second-order valence-electron chi connectivity index (χ2n) is 4.26. The fourth-order valence-electron chi connectivity index (χ4n) is 1.64. The van der Waals surface area contributed by atoms with Crippen LogP contribution in [0, 0.1) is 5.92 Å². The zero-order valence-electron chi connectivity index (χ0n) is 11.1. The van der Waals surface area contributed by atoms with E-state index in [-0.39, 0.29) is 5.92 Å². The summed E-state index contributed by atoms with van der Waals surface area (Å²) in [4.78, 5) is 0. The summed E-state index contributed by atoms with van der Waals surface area (Å²) in [5.41, 5.74) is 0.868. The van der Waals surface area contributed by atoms with Crippen LogP contribution in [0.2, 0.25) is 0 Å². The van der Waals surface area contributed by atoms with Crippen molar-refractivity contribution in [1.29, 1.82) is 0 Å². The lowest BCUT2D eigenvalue weighted by atomic mass is 9.99. The van der Waals surface area contributed by atoms with E-state index in [0.29, 0.717) is 19.0 Å². The van der Waals surface area contributed by atoms with Crippen molar-refractivity contribution in [2.45, 2.75) is 33.8 Å². The summed E-state index contributed by atoms with van der Waals surface area (Å²) < 4.78 is 11.0. The van der Waals surface area contributed by atoms with Gasteiger partial charge in [-0.1, -0.05) is 19.9 Å². The number of benzene rings is 1. The molecule has 0 spiro atoms. The number of ether oxygens (including phenoxy) is 2. The Bertz CT molecular complexity index is 347. The van der Waals surface area contributed by atoms with Gasteiger partial charge in [0.15, 0.2) is 11.5 Å². The Balaban J connectivity index is 3.00. The molecule has 0 heterocycles. The van der Waals surface area contributed by atoms with Gasteiger partial charge in [0, 0.05) is 0 Å². The maximum atomic E-state index is 10.0. The van der Waals surface area contributed by atoms with Crippen molar-refractivity contribution >= 4 is 0 Å². The Hall–Kier alpha value is -1.22. The average Bonchev–Trinajstić information content (AvgIpc) is 2.31. The molecule has 96 valence electrons. The maximum absolute atomic E-state index is 10.0. The monoisotopic (exact) mass is 238 g/mol. The van der Waals surface area contributed by atoms with Crippen LogP contribution in [0.1, 0.15) is 39.4 Å². The third kappa shape index (κ3) is 3.63. The molecule has 0 saturated carbocycles. The highest BCUT2D eigenvalue weighted by molar-refractivity contribution is 5.43. The third-order valence-electron chi connectivity index (χ3n) is 2.54. The largest absolute Gasteiger partial charge is 0.490 e. The van der Waals surface area contributed by atoms with E-state index in [2.05, 4.69) is 0 Å². The van der Waals surface area contributed by atoms with Gasteiger partial charge >= 0.3 is 0 Å². The summed E-state index contributed by atoms with van der Waals surface area (Å²) in [6.07, 6.45) is -0.468. The highest BCUT2D eigenvalue weighted by Gasteiger charge is 2.15. The molecule has 1 rings (SSSR count). The molecule has 0 aliphatic heterocycles. The lowest BCUT2D eigenvalue weighted by Gasteiger charge is -2.17. The number of aliphatic hydroxyl groups is 1. The topological polar surface area (TPSA) is 38.7 Å². The van der Waals surface area contributed by atoms with E-state index in [1.807, 2.05) is 45.9 Å². The molecule has 1 aromatic rings. The molecule has 1 N–H and O–H groups in total. The van der Waals surface area contributed by atoms with Crippen molar-refractivity contribution in [3.63, 3.8) is 0 Å². The zero-order valence-corrected chi connectivity index (χ0v) is 11.1. The van der Waals surface area contributed by atoms with E-state index in [0.717, 1.165) is 11.3 Å². The lowest BCUT2D eigenvalue weighted by molar-refractivity contribution is 0.126. The summed E-state index contributed by atoms with van der Waals surface area (Å²) >= 11 is 0. The zero-order chi connectivity index (χ0) is 12.8. The number of hydrogen-bond acceptors (Lipinski definition) is 3. The van der Waals surface area contributed by atoms with E-state index >= 15 is 0 Å². The molecule has 3 nitrogen and oxygen atoms in total. The molecule has 0 fully saturated rings. The van der Waals surface area contributed by atoms with Gasteiger partial charge in [-0.05, 0) is 37.5 Å². The molecule has 3 heteroatoms. The summed E-state index contributed by atoms with van der Waals surface area (Å²) in [6, 6.07) is 5.60. The van der Waals surface area contributed by atoms with Crippen molar-refractivity contribution in [3.8, 4) is 11.5 Å². The number of aliphatic hydroxyl groups excluding tert-OH is 1. The van der Waals surface area contributed by atoms with Crippen LogP contribution in [0.3, 0.4) is 0 Å². The Morgan fingerprint density at radius 3 is 2.18 bits per heavy atom. The van der Waals surface area contributed by atoms with Gasteiger partial charge in [-0.25, -0.2) is 0 Å². The molecular formula is C14H22O3. The summed E-state index contributed by atoms with van der Waals surface area (Å²) in [5.74, 6) is 1.61. The molecule has 0 aliphatic carbocycles. The molecule has 0 saturated heterocycles. The van der Waals surface area contributed by atoms with Gasteiger partial charge in [0.2, 0.25) is 0 Å². The van der Waals surface area contributed by atoms with E-state index in [1.54, 1.807) is 0 Å². The highest BCUT2D eigenvalue weighted by atomic mass is 16.5. The normalized spacial score (nSPS) is 12.6. The standard InChI is InChI=1S/C14H22O3/c1-5-16-12-8-7-11(14(15)10(3)4)9-13(12)17-6-2/h7-10,14-15H,5-6H2,1-4H3. The van der Waals surface area contributed by atoms with Crippen LogP contribution in [0.4, 0.5) is 0 Å². The van der Waals surface area contributed by atoms with Gasteiger partial charge in [0.05, 0.1) is 19.3 Å². The van der Waals surface area contributed by atoms with Gasteiger partial charge in [0.1, 0.15) is 0 Å². The predicted molar refractivity (Wildman–Crippen MR) is 68.6 cm³/mol.